The monoisotopic (exact) mass is 698 g/mol. The second kappa shape index (κ2) is 14.9. The highest BCUT2D eigenvalue weighted by atomic mass is 28.4. The highest BCUT2D eigenvalue weighted by Gasteiger charge is 2.44. The summed E-state index contributed by atoms with van der Waals surface area (Å²) in [7, 11) is -9.42. The summed E-state index contributed by atoms with van der Waals surface area (Å²) in [6, 6.07) is 47.1. The molecule has 0 aliphatic rings. The van der Waals surface area contributed by atoms with Gasteiger partial charge in [0.2, 0.25) is 16.6 Å². The van der Waals surface area contributed by atoms with Crippen molar-refractivity contribution < 1.29 is 4.12 Å². The van der Waals surface area contributed by atoms with Crippen LogP contribution in [0, 0.1) is 0 Å². The predicted octanol–water partition coefficient (Wildman–Crippen LogP) is 6.59. The minimum Gasteiger partial charge on any atom is -0.448 e. The molecule has 0 aliphatic heterocycles. The molecule has 0 amide bonds. The van der Waals surface area contributed by atoms with Gasteiger partial charge in [-0.3, -0.25) is 0 Å². The lowest BCUT2D eigenvalue weighted by molar-refractivity contribution is 0.556. The van der Waals surface area contributed by atoms with Crippen molar-refractivity contribution in [3.63, 3.8) is 0 Å². The zero-order chi connectivity index (χ0) is 32.9. The third-order valence-corrected chi connectivity index (χ3v) is 30.7. The van der Waals surface area contributed by atoms with Crippen LogP contribution in [0.3, 0.4) is 0 Å². The topological polar surface area (TPSA) is 9.23 Å². The van der Waals surface area contributed by atoms with Crippen molar-refractivity contribution >= 4 is 81.5 Å². The maximum atomic E-state index is 7.89. The molecule has 0 spiro atoms. The van der Waals surface area contributed by atoms with Crippen molar-refractivity contribution in [2.75, 3.05) is 0 Å². The summed E-state index contributed by atoms with van der Waals surface area (Å²) in [5.74, 6) is 0. The number of hydrogen-bond acceptors (Lipinski definition) is 1. The Kier molecular flexibility index (Phi) is 11.9. The zero-order valence-corrected chi connectivity index (χ0v) is 36.1. The van der Waals surface area contributed by atoms with Crippen LogP contribution < -0.4 is 31.1 Å². The van der Waals surface area contributed by atoms with Gasteiger partial charge in [0.25, 0.3) is 0 Å². The van der Waals surface area contributed by atoms with Gasteiger partial charge in [0.15, 0.2) is 0 Å². The van der Waals surface area contributed by atoms with E-state index in [0.717, 1.165) is 0 Å². The molecule has 4 rings (SSSR count). The Hall–Kier alpha value is -1.86. The number of rotatable bonds is 14. The Labute approximate surface area is 283 Å². The molecule has 240 valence electrons. The van der Waals surface area contributed by atoms with Gasteiger partial charge in [-0.1, -0.05) is 194 Å². The molecule has 1 nitrogen and oxygen atoms in total. The Bertz CT molecular complexity index is 1370. The molecule has 2 unspecified atom stereocenters. The molecule has 4 aromatic rings. The van der Waals surface area contributed by atoms with E-state index in [1.165, 1.54) is 34.5 Å². The van der Waals surface area contributed by atoms with Gasteiger partial charge in [-0.05, 0) is 35.6 Å². The van der Waals surface area contributed by atoms with Gasteiger partial charge in [-0.2, -0.15) is 0 Å². The van der Waals surface area contributed by atoms with E-state index in [1.54, 1.807) is 20.7 Å². The summed E-state index contributed by atoms with van der Waals surface area (Å²) in [6.07, 6.45) is 0. The summed E-state index contributed by atoms with van der Waals surface area (Å²) in [5, 5.41) is 9.24. The summed E-state index contributed by atoms with van der Waals surface area (Å²) in [6.45, 7) is 25.1. The van der Waals surface area contributed by atoms with Gasteiger partial charge >= 0.3 is 0 Å². The lowest BCUT2D eigenvalue weighted by Gasteiger charge is -2.41. The van der Waals surface area contributed by atoms with E-state index in [2.05, 4.69) is 175 Å². The van der Waals surface area contributed by atoms with E-state index >= 15 is 0 Å². The lowest BCUT2D eigenvalue weighted by Crippen LogP contribution is -2.62. The largest absolute Gasteiger partial charge is 0.448 e. The Balaban J connectivity index is 1.64. The summed E-state index contributed by atoms with van der Waals surface area (Å²) in [5.41, 5.74) is 0. The molecule has 0 aromatic heterocycles. The standard InChI is InChI=1S/C38H58OSi6/c1-40(2)33-21-25-35(26-22-33)42(5,6)29-31-44(9,37-17-13-11-14-18-37)39-45(10,38-19-15-12-16-20-38)32-30-43(7,8)36-27-23-34(24-28-36)41(3)4/h11-28,40-41H,29-32H2,1-10H3. The van der Waals surface area contributed by atoms with Crippen molar-refractivity contribution in [3.8, 4) is 0 Å². The molecule has 0 bridgehead atoms. The lowest BCUT2D eigenvalue weighted by atomic mass is 10.4. The molecule has 0 saturated carbocycles. The van der Waals surface area contributed by atoms with E-state index in [-0.39, 0.29) is 0 Å². The molecule has 0 fully saturated rings. The van der Waals surface area contributed by atoms with Crippen molar-refractivity contribution in [1.82, 2.24) is 0 Å². The molecule has 0 heterocycles. The quantitative estimate of drug-likeness (QED) is 0.135. The molecule has 45 heavy (non-hydrogen) atoms. The van der Waals surface area contributed by atoms with Crippen LogP contribution in [0.25, 0.3) is 0 Å². The van der Waals surface area contributed by atoms with Crippen LogP contribution in [0.4, 0.5) is 0 Å². The molecule has 0 aliphatic carbocycles. The maximum Gasteiger partial charge on any atom is 0.209 e. The van der Waals surface area contributed by atoms with Gasteiger partial charge in [-0.25, -0.2) is 0 Å². The van der Waals surface area contributed by atoms with E-state index < -0.39 is 50.4 Å². The van der Waals surface area contributed by atoms with Crippen molar-refractivity contribution in [1.29, 1.82) is 0 Å². The first-order valence-corrected chi connectivity index (χ1v) is 34.6. The summed E-state index contributed by atoms with van der Waals surface area (Å²) >= 11 is 0. The Morgan fingerprint density at radius 2 is 0.711 bits per heavy atom. The fourth-order valence-electron chi connectivity index (χ4n) is 6.62. The maximum absolute atomic E-state index is 7.89. The van der Waals surface area contributed by atoms with Crippen LogP contribution in [-0.2, 0) is 4.12 Å². The van der Waals surface area contributed by atoms with Gasteiger partial charge in [0.05, 0.1) is 33.7 Å². The molecular formula is C38H58OSi6. The van der Waals surface area contributed by atoms with E-state index in [4.69, 9.17) is 4.12 Å². The summed E-state index contributed by atoms with van der Waals surface area (Å²) in [4.78, 5) is 0. The van der Waals surface area contributed by atoms with Crippen molar-refractivity contribution in [2.24, 2.45) is 0 Å². The van der Waals surface area contributed by atoms with Crippen LogP contribution in [0.5, 0.6) is 0 Å². The minimum atomic E-state index is -2.29. The first kappa shape index (κ1) is 36.0. The van der Waals surface area contributed by atoms with Crippen molar-refractivity contribution in [2.45, 2.75) is 89.6 Å². The first-order valence-electron chi connectivity index (χ1n) is 17.2. The minimum absolute atomic E-state index is 0.778. The van der Waals surface area contributed by atoms with Crippen LogP contribution >= 0.6 is 0 Å². The van der Waals surface area contributed by atoms with Gasteiger partial charge in [0.1, 0.15) is 0 Å². The molecule has 7 heteroatoms. The molecule has 0 N–H and O–H groups in total. The van der Waals surface area contributed by atoms with Crippen LogP contribution in [0.15, 0.2) is 109 Å². The number of benzene rings is 4. The fourth-order valence-corrected chi connectivity index (χ4v) is 28.2. The second-order valence-electron chi connectivity index (χ2n) is 15.6. The SMILES string of the molecule is C[SiH](C)c1ccc([Si](C)(C)CC[Si](C)(O[Si](C)(CC[Si](C)(C)c2ccc([SiH](C)C)cc2)c2ccccc2)c2ccccc2)cc1. The molecule has 2 atom stereocenters. The van der Waals surface area contributed by atoms with Crippen LogP contribution in [0.1, 0.15) is 0 Å². The first-order chi connectivity index (χ1) is 21.2. The normalized spacial score (nSPS) is 15.2. The molecule has 4 aromatic carbocycles. The van der Waals surface area contributed by atoms with E-state index in [9.17, 15) is 0 Å². The highest BCUT2D eigenvalue weighted by Crippen LogP contribution is 2.29. The van der Waals surface area contributed by atoms with Gasteiger partial charge in [0, 0.05) is 0 Å². The van der Waals surface area contributed by atoms with Gasteiger partial charge < -0.3 is 4.12 Å². The molecule has 0 saturated heterocycles. The summed E-state index contributed by atoms with van der Waals surface area (Å²) < 4.78 is 7.89. The van der Waals surface area contributed by atoms with Gasteiger partial charge in [-0.15, -0.1) is 0 Å². The van der Waals surface area contributed by atoms with E-state index in [0.29, 0.717) is 0 Å². The second-order valence-corrected chi connectivity index (χ2v) is 39.2. The van der Waals surface area contributed by atoms with Crippen LogP contribution in [-0.4, -0.2) is 50.4 Å². The highest BCUT2D eigenvalue weighted by molar-refractivity contribution is 7.00. The molecular weight excluding hydrogens is 641 g/mol. The number of hydrogen-bond donors (Lipinski definition) is 0. The van der Waals surface area contributed by atoms with Crippen molar-refractivity contribution in [3.05, 3.63) is 109 Å². The average Bonchev–Trinajstić information content (AvgIpc) is 3.04. The Morgan fingerprint density at radius 3 is 1.00 bits per heavy atom. The third kappa shape index (κ3) is 9.15. The fraction of sp³-hybridized carbons (Fsp3) is 0.368. The Morgan fingerprint density at radius 1 is 0.400 bits per heavy atom. The average molecular weight is 699 g/mol. The zero-order valence-electron chi connectivity index (χ0n) is 29.8. The van der Waals surface area contributed by atoms with E-state index in [1.807, 2.05) is 0 Å². The smallest absolute Gasteiger partial charge is 0.209 e. The third-order valence-electron chi connectivity index (χ3n) is 10.4. The van der Waals surface area contributed by atoms with Crippen LogP contribution in [0.2, 0.25) is 89.6 Å². The molecule has 0 radical (unpaired) electrons. The predicted molar refractivity (Wildman–Crippen MR) is 220 cm³/mol.